The van der Waals surface area contributed by atoms with E-state index in [2.05, 4.69) is 5.32 Å². The van der Waals surface area contributed by atoms with E-state index in [4.69, 9.17) is 14.2 Å². The molecule has 6 heteroatoms. The SMILES string of the molecule is CCCOc1ccc(/C=C/C(=O)OCC(=O)Nc2ccccc2CC)cc1OCC. The van der Waals surface area contributed by atoms with Crippen LogP contribution in [-0.4, -0.2) is 31.7 Å². The molecule has 2 aromatic rings. The molecule has 0 unspecified atom stereocenters. The van der Waals surface area contributed by atoms with Gasteiger partial charge in [-0.2, -0.15) is 0 Å². The maximum Gasteiger partial charge on any atom is 0.331 e. The molecule has 1 amide bonds. The van der Waals surface area contributed by atoms with E-state index in [1.165, 1.54) is 6.08 Å². The number of nitrogens with one attached hydrogen (secondary N) is 1. The number of esters is 1. The highest BCUT2D eigenvalue weighted by Crippen LogP contribution is 2.29. The van der Waals surface area contributed by atoms with Gasteiger partial charge in [-0.3, -0.25) is 4.79 Å². The molecule has 0 aliphatic rings. The minimum Gasteiger partial charge on any atom is -0.490 e. The number of hydrogen-bond donors (Lipinski definition) is 1. The van der Waals surface area contributed by atoms with Gasteiger partial charge in [-0.05, 0) is 55.2 Å². The van der Waals surface area contributed by atoms with Gasteiger partial charge in [0, 0.05) is 11.8 Å². The van der Waals surface area contributed by atoms with Crippen molar-refractivity contribution in [1.29, 1.82) is 0 Å². The van der Waals surface area contributed by atoms with Crippen LogP contribution in [0.25, 0.3) is 6.08 Å². The fraction of sp³-hybridized carbons (Fsp3) is 0.333. The van der Waals surface area contributed by atoms with E-state index in [1.807, 2.05) is 57.2 Å². The lowest BCUT2D eigenvalue weighted by molar-refractivity contribution is -0.142. The van der Waals surface area contributed by atoms with E-state index in [9.17, 15) is 9.59 Å². The molecule has 0 spiro atoms. The Morgan fingerprint density at radius 2 is 1.80 bits per heavy atom. The zero-order valence-electron chi connectivity index (χ0n) is 17.8. The second-order valence-corrected chi connectivity index (χ2v) is 6.49. The number of para-hydroxylation sites is 1. The molecule has 0 fully saturated rings. The van der Waals surface area contributed by atoms with Crippen LogP contribution in [0.1, 0.15) is 38.3 Å². The average molecular weight is 411 g/mol. The first-order valence-corrected chi connectivity index (χ1v) is 10.2. The van der Waals surface area contributed by atoms with E-state index in [0.29, 0.717) is 24.7 Å². The molecule has 30 heavy (non-hydrogen) atoms. The molecule has 2 aromatic carbocycles. The Balaban J connectivity index is 1.90. The zero-order valence-corrected chi connectivity index (χ0v) is 17.8. The minimum atomic E-state index is -0.599. The van der Waals surface area contributed by atoms with Crippen LogP contribution in [0.5, 0.6) is 11.5 Å². The Bertz CT molecular complexity index is 876. The Hall–Kier alpha value is -3.28. The molecule has 160 valence electrons. The Morgan fingerprint density at radius 3 is 2.53 bits per heavy atom. The van der Waals surface area contributed by atoms with Crippen molar-refractivity contribution in [3.63, 3.8) is 0 Å². The number of ether oxygens (including phenoxy) is 3. The second-order valence-electron chi connectivity index (χ2n) is 6.49. The molecule has 0 aromatic heterocycles. The van der Waals surface area contributed by atoms with Crippen molar-refractivity contribution in [2.24, 2.45) is 0 Å². The number of benzene rings is 2. The number of anilines is 1. The van der Waals surface area contributed by atoms with Crippen LogP contribution >= 0.6 is 0 Å². The fourth-order valence-electron chi connectivity index (χ4n) is 2.71. The van der Waals surface area contributed by atoms with Gasteiger partial charge in [-0.15, -0.1) is 0 Å². The Labute approximate surface area is 177 Å². The Kier molecular flexibility index (Phi) is 9.45. The minimum absolute atomic E-state index is 0.352. The molecular weight excluding hydrogens is 382 g/mol. The molecule has 0 saturated heterocycles. The third-order valence-electron chi connectivity index (χ3n) is 4.16. The van der Waals surface area contributed by atoms with Crippen molar-refractivity contribution in [2.45, 2.75) is 33.6 Å². The van der Waals surface area contributed by atoms with Gasteiger partial charge in [0.1, 0.15) is 0 Å². The lowest BCUT2D eigenvalue weighted by Crippen LogP contribution is -2.20. The summed E-state index contributed by atoms with van der Waals surface area (Å²) in [4.78, 5) is 24.0. The number of hydrogen-bond acceptors (Lipinski definition) is 5. The summed E-state index contributed by atoms with van der Waals surface area (Å²) in [5.74, 6) is 0.310. The molecule has 0 saturated carbocycles. The zero-order chi connectivity index (χ0) is 21.8. The molecule has 6 nitrogen and oxygen atoms in total. The third-order valence-corrected chi connectivity index (χ3v) is 4.16. The van der Waals surface area contributed by atoms with Crippen molar-refractivity contribution in [3.05, 3.63) is 59.7 Å². The van der Waals surface area contributed by atoms with Gasteiger partial charge in [0.2, 0.25) is 0 Å². The van der Waals surface area contributed by atoms with E-state index in [1.54, 1.807) is 12.1 Å². The lowest BCUT2D eigenvalue weighted by Gasteiger charge is -2.12. The number of amides is 1. The summed E-state index contributed by atoms with van der Waals surface area (Å²) in [6.45, 7) is 6.70. The summed E-state index contributed by atoms with van der Waals surface area (Å²) in [7, 11) is 0. The van der Waals surface area contributed by atoms with Gasteiger partial charge in [0.15, 0.2) is 18.1 Å². The van der Waals surface area contributed by atoms with Gasteiger partial charge in [-0.1, -0.05) is 38.1 Å². The number of aryl methyl sites for hydroxylation is 1. The highest BCUT2D eigenvalue weighted by molar-refractivity contribution is 5.95. The van der Waals surface area contributed by atoms with E-state index < -0.39 is 5.97 Å². The summed E-state index contributed by atoms with van der Waals surface area (Å²) in [6, 6.07) is 13.0. The van der Waals surface area contributed by atoms with Crippen LogP contribution in [0.3, 0.4) is 0 Å². The van der Waals surface area contributed by atoms with E-state index >= 15 is 0 Å². The molecule has 0 heterocycles. The van der Waals surface area contributed by atoms with Gasteiger partial charge in [-0.25, -0.2) is 4.79 Å². The van der Waals surface area contributed by atoms with Gasteiger partial charge in [0.25, 0.3) is 5.91 Å². The third kappa shape index (κ3) is 7.28. The topological polar surface area (TPSA) is 73.9 Å². The number of rotatable bonds is 11. The van der Waals surface area contributed by atoms with Gasteiger partial charge < -0.3 is 19.5 Å². The Morgan fingerprint density at radius 1 is 1.00 bits per heavy atom. The predicted octanol–water partition coefficient (Wildman–Crippen LogP) is 4.63. The van der Waals surface area contributed by atoms with Crippen molar-refractivity contribution >= 4 is 23.6 Å². The monoisotopic (exact) mass is 411 g/mol. The summed E-state index contributed by atoms with van der Waals surface area (Å²) in [6.07, 6.45) is 4.59. The maximum absolute atomic E-state index is 12.1. The van der Waals surface area contributed by atoms with Crippen LogP contribution in [0.15, 0.2) is 48.5 Å². The van der Waals surface area contributed by atoms with Gasteiger partial charge in [0.05, 0.1) is 13.2 Å². The second kappa shape index (κ2) is 12.3. The molecule has 0 aliphatic heterocycles. The van der Waals surface area contributed by atoms with E-state index in [-0.39, 0.29) is 12.5 Å². The van der Waals surface area contributed by atoms with Gasteiger partial charge >= 0.3 is 5.97 Å². The average Bonchev–Trinajstić information content (AvgIpc) is 2.76. The summed E-state index contributed by atoms with van der Waals surface area (Å²) in [5, 5.41) is 2.76. The first-order valence-electron chi connectivity index (χ1n) is 10.2. The highest BCUT2D eigenvalue weighted by Gasteiger charge is 2.09. The molecule has 0 atom stereocenters. The predicted molar refractivity (Wildman–Crippen MR) is 118 cm³/mol. The van der Waals surface area contributed by atoms with Crippen LogP contribution in [0.4, 0.5) is 5.69 Å². The maximum atomic E-state index is 12.1. The molecule has 0 aliphatic carbocycles. The summed E-state index contributed by atoms with van der Waals surface area (Å²) >= 11 is 0. The first kappa shape index (κ1) is 23.0. The van der Waals surface area contributed by atoms with Crippen LogP contribution in [0.2, 0.25) is 0 Å². The lowest BCUT2D eigenvalue weighted by atomic mass is 10.1. The quantitative estimate of drug-likeness (QED) is 0.431. The molecule has 1 N–H and O–H groups in total. The van der Waals surface area contributed by atoms with Crippen molar-refractivity contribution < 1.29 is 23.8 Å². The smallest absolute Gasteiger partial charge is 0.331 e. The molecular formula is C24H29NO5. The van der Waals surface area contributed by atoms with E-state index in [0.717, 1.165) is 29.7 Å². The summed E-state index contributed by atoms with van der Waals surface area (Å²) in [5.41, 5.74) is 2.51. The molecule has 0 radical (unpaired) electrons. The fourth-order valence-corrected chi connectivity index (χ4v) is 2.71. The number of carbonyl (C=O) groups excluding carboxylic acids is 2. The van der Waals surface area contributed by atoms with Crippen molar-refractivity contribution in [3.8, 4) is 11.5 Å². The molecule has 0 bridgehead atoms. The first-order chi connectivity index (χ1) is 14.6. The van der Waals surface area contributed by atoms with Crippen molar-refractivity contribution in [1.82, 2.24) is 0 Å². The standard InChI is InChI=1S/C24H29NO5/c1-4-15-29-21-13-11-18(16-22(21)28-6-3)12-14-24(27)30-17-23(26)25-20-10-8-7-9-19(20)5-2/h7-14,16H,4-6,15,17H2,1-3H3,(H,25,26)/b14-12+. The van der Waals surface area contributed by atoms with Crippen molar-refractivity contribution in [2.75, 3.05) is 25.1 Å². The summed E-state index contributed by atoms with van der Waals surface area (Å²) < 4.78 is 16.3. The largest absolute Gasteiger partial charge is 0.490 e. The van der Waals surface area contributed by atoms with Crippen LogP contribution in [0, 0.1) is 0 Å². The normalized spacial score (nSPS) is 10.6. The van der Waals surface area contributed by atoms with Crippen LogP contribution in [-0.2, 0) is 20.7 Å². The molecule has 2 rings (SSSR count). The number of carbonyl (C=O) groups is 2. The highest BCUT2D eigenvalue weighted by atomic mass is 16.5. The van der Waals surface area contributed by atoms with Crippen LogP contribution < -0.4 is 14.8 Å².